The lowest BCUT2D eigenvalue weighted by atomic mass is 10.1. The number of ether oxygens (including phenoxy) is 1. The highest BCUT2D eigenvalue weighted by molar-refractivity contribution is 5.18. The molecule has 0 aliphatic heterocycles. The topological polar surface area (TPSA) is 32.7 Å². The van der Waals surface area contributed by atoms with Crippen molar-refractivity contribution in [1.82, 2.24) is 4.90 Å². The van der Waals surface area contributed by atoms with Crippen LogP contribution >= 0.6 is 0 Å². The van der Waals surface area contributed by atoms with Gasteiger partial charge in [-0.3, -0.25) is 4.90 Å². The number of benzene rings is 2. The summed E-state index contributed by atoms with van der Waals surface area (Å²) in [6, 6.07) is 16.6. The number of hydrogen-bond donors (Lipinski definition) is 1. The highest BCUT2D eigenvalue weighted by Crippen LogP contribution is 2.13. The maximum absolute atomic E-state index is 13.9. The van der Waals surface area contributed by atoms with Crippen molar-refractivity contribution < 1.29 is 14.2 Å². The summed E-state index contributed by atoms with van der Waals surface area (Å²) < 4.78 is 19.1. The number of halogens is 1. The van der Waals surface area contributed by atoms with Crippen molar-refractivity contribution in [3.63, 3.8) is 0 Å². The molecule has 1 atom stereocenters. The van der Waals surface area contributed by atoms with Crippen LogP contribution in [0.4, 0.5) is 4.39 Å². The fourth-order valence-electron chi connectivity index (χ4n) is 2.50. The Hall–Kier alpha value is -2.19. The van der Waals surface area contributed by atoms with Crippen molar-refractivity contribution in [1.29, 1.82) is 0 Å². The summed E-state index contributed by atoms with van der Waals surface area (Å²) in [5.74, 6) is 2.12. The van der Waals surface area contributed by atoms with Gasteiger partial charge in [-0.15, -0.1) is 6.42 Å². The van der Waals surface area contributed by atoms with Crippen LogP contribution in [-0.4, -0.2) is 35.9 Å². The van der Waals surface area contributed by atoms with Crippen LogP contribution in [0.25, 0.3) is 0 Å². The highest BCUT2D eigenvalue weighted by atomic mass is 19.1. The molecule has 2 aromatic carbocycles. The standard InChI is InChI=1S/C20H22FNO2/c1-2-12-24-16-19(23)15-22(13-17-8-4-3-5-9-17)14-18-10-6-7-11-20(18)21/h1,3-11,19,23H,12-16H2/t19-/m0/s1. The van der Waals surface area contributed by atoms with Crippen LogP contribution in [0.1, 0.15) is 11.1 Å². The van der Waals surface area contributed by atoms with Crippen molar-refractivity contribution >= 4 is 0 Å². The maximum atomic E-state index is 13.9. The molecule has 1 N–H and O–H groups in total. The average Bonchev–Trinajstić information content (AvgIpc) is 2.58. The fraction of sp³-hybridized carbons (Fsp3) is 0.300. The Kier molecular flexibility index (Phi) is 7.44. The summed E-state index contributed by atoms with van der Waals surface area (Å²) in [5, 5.41) is 10.1. The van der Waals surface area contributed by atoms with Crippen molar-refractivity contribution in [3.05, 3.63) is 71.5 Å². The van der Waals surface area contributed by atoms with E-state index in [-0.39, 0.29) is 19.0 Å². The average molecular weight is 327 g/mol. The van der Waals surface area contributed by atoms with E-state index in [2.05, 4.69) is 5.92 Å². The van der Waals surface area contributed by atoms with Crippen LogP contribution in [0.3, 0.4) is 0 Å². The molecule has 0 bridgehead atoms. The number of nitrogens with zero attached hydrogens (tertiary/aromatic N) is 1. The number of hydrogen-bond acceptors (Lipinski definition) is 3. The lowest BCUT2D eigenvalue weighted by Gasteiger charge is -2.25. The second-order valence-corrected chi connectivity index (χ2v) is 5.62. The first-order valence-corrected chi connectivity index (χ1v) is 7.88. The van der Waals surface area contributed by atoms with Crippen molar-refractivity contribution in [3.8, 4) is 12.3 Å². The Labute approximate surface area is 142 Å². The van der Waals surface area contributed by atoms with Gasteiger partial charge >= 0.3 is 0 Å². The van der Waals surface area contributed by atoms with E-state index in [9.17, 15) is 9.50 Å². The van der Waals surface area contributed by atoms with E-state index in [1.54, 1.807) is 12.1 Å². The molecular formula is C20H22FNO2. The Morgan fingerprint density at radius 3 is 2.50 bits per heavy atom. The molecular weight excluding hydrogens is 305 g/mol. The van der Waals surface area contributed by atoms with E-state index in [1.807, 2.05) is 41.3 Å². The third-order valence-corrected chi connectivity index (χ3v) is 3.57. The minimum absolute atomic E-state index is 0.159. The van der Waals surface area contributed by atoms with Gasteiger partial charge in [0, 0.05) is 25.2 Å². The van der Waals surface area contributed by atoms with E-state index < -0.39 is 6.10 Å². The molecule has 2 rings (SSSR count). The number of aliphatic hydroxyl groups is 1. The van der Waals surface area contributed by atoms with Gasteiger partial charge in [-0.2, -0.15) is 0 Å². The molecule has 0 amide bonds. The van der Waals surface area contributed by atoms with Crippen molar-refractivity contribution in [2.24, 2.45) is 0 Å². The summed E-state index contributed by atoms with van der Waals surface area (Å²) in [6.07, 6.45) is 4.44. The van der Waals surface area contributed by atoms with Gasteiger partial charge in [0.1, 0.15) is 12.4 Å². The van der Waals surface area contributed by atoms with E-state index in [0.29, 0.717) is 25.2 Å². The van der Waals surface area contributed by atoms with Gasteiger partial charge in [0.15, 0.2) is 0 Å². The lowest BCUT2D eigenvalue weighted by molar-refractivity contribution is 0.0241. The molecule has 2 aromatic rings. The Balaban J connectivity index is 2.03. The zero-order valence-corrected chi connectivity index (χ0v) is 13.6. The summed E-state index contributed by atoms with van der Waals surface area (Å²) >= 11 is 0. The molecule has 0 aliphatic carbocycles. The Morgan fingerprint density at radius 1 is 1.08 bits per heavy atom. The molecule has 0 unspecified atom stereocenters. The fourth-order valence-corrected chi connectivity index (χ4v) is 2.50. The predicted octanol–water partition coefficient (Wildman–Crippen LogP) is 2.84. The van der Waals surface area contributed by atoms with Gasteiger partial charge in [0.25, 0.3) is 0 Å². The van der Waals surface area contributed by atoms with Gasteiger partial charge in [-0.1, -0.05) is 54.5 Å². The first kappa shape index (κ1) is 18.2. The van der Waals surface area contributed by atoms with Crippen LogP contribution < -0.4 is 0 Å². The molecule has 0 aromatic heterocycles. The normalized spacial score (nSPS) is 12.1. The second kappa shape index (κ2) is 9.84. The summed E-state index contributed by atoms with van der Waals surface area (Å²) in [6.45, 7) is 1.72. The molecule has 0 saturated carbocycles. The molecule has 0 spiro atoms. The zero-order chi connectivity index (χ0) is 17.2. The molecule has 0 radical (unpaired) electrons. The molecule has 3 nitrogen and oxygen atoms in total. The summed E-state index contributed by atoms with van der Waals surface area (Å²) in [4.78, 5) is 2.00. The quantitative estimate of drug-likeness (QED) is 0.568. The summed E-state index contributed by atoms with van der Waals surface area (Å²) in [5.41, 5.74) is 1.70. The highest BCUT2D eigenvalue weighted by Gasteiger charge is 2.15. The largest absolute Gasteiger partial charge is 0.389 e. The smallest absolute Gasteiger partial charge is 0.127 e. The van der Waals surface area contributed by atoms with E-state index in [1.165, 1.54) is 6.07 Å². The SMILES string of the molecule is C#CCOC[C@@H](O)CN(Cc1ccccc1)Cc1ccccc1F. The molecule has 0 heterocycles. The van der Waals surface area contributed by atoms with Gasteiger partial charge in [0.2, 0.25) is 0 Å². The third kappa shape index (κ3) is 6.13. The molecule has 0 saturated heterocycles. The lowest BCUT2D eigenvalue weighted by Crippen LogP contribution is -2.34. The van der Waals surface area contributed by atoms with Crippen LogP contribution in [-0.2, 0) is 17.8 Å². The molecule has 126 valence electrons. The van der Waals surface area contributed by atoms with E-state index in [0.717, 1.165) is 5.56 Å². The van der Waals surface area contributed by atoms with E-state index in [4.69, 9.17) is 11.2 Å². The van der Waals surface area contributed by atoms with Crippen LogP contribution in [0.15, 0.2) is 54.6 Å². The van der Waals surface area contributed by atoms with Gasteiger partial charge < -0.3 is 9.84 Å². The number of terminal acetylenes is 1. The van der Waals surface area contributed by atoms with Gasteiger partial charge in [-0.05, 0) is 11.6 Å². The second-order valence-electron chi connectivity index (χ2n) is 5.62. The third-order valence-electron chi connectivity index (χ3n) is 3.57. The predicted molar refractivity (Wildman–Crippen MR) is 92.6 cm³/mol. The number of rotatable bonds is 9. The van der Waals surface area contributed by atoms with Gasteiger partial charge in [0.05, 0.1) is 12.7 Å². The minimum atomic E-state index is -0.686. The Bertz CT molecular complexity index is 654. The Morgan fingerprint density at radius 2 is 1.79 bits per heavy atom. The monoisotopic (exact) mass is 327 g/mol. The maximum Gasteiger partial charge on any atom is 0.127 e. The van der Waals surface area contributed by atoms with Crippen LogP contribution in [0.2, 0.25) is 0 Å². The zero-order valence-electron chi connectivity index (χ0n) is 13.6. The molecule has 4 heteroatoms. The number of aliphatic hydroxyl groups excluding tert-OH is 1. The van der Waals surface area contributed by atoms with Crippen LogP contribution in [0, 0.1) is 18.2 Å². The summed E-state index contributed by atoms with van der Waals surface area (Å²) in [7, 11) is 0. The van der Waals surface area contributed by atoms with Crippen molar-refractivity contribution in [2.75, 3.05) is 19.8 Å². The van der Waals surface area contributed by atoms with Crippen LogP contribution in [0.5, 0.6) is 0 Å². The first-order chi connectivity index (χ1) is 11.7. The van der Waals surface area contributed by atoms with Crippen molar-refractivity contribution in [2.45, 2.75) is 19.2 Å². The molecule has 24 heavy (non-hydrogen) atoms. The molecule has 0 aliphatic rings. The molecule has 0 fully saturated rings. The van der Waals surface area contributed by atoms with E-state index >= 15 is 0 Å². The first-order valence-electron chi connectivity index (χ1n) is 7.88. The van der Waals surface area contributed by atoms with Gasteiger partial charge in [-0.25, -0.2) is 4.39 Å². The minimum Gasteiger partial charge on any atom is -0.389 e.